The first-order chi connectivity index (χ1) is 12.4. The molecule has 0 saturated carbocycles. The molecule has 0 saturated heterocycles. The van der Waals surface area contributed by atoms with Crippen LogP contribution in [-0.4, -0.2) is 9.97 Å². The summed E-state index contributed by atoms with van der Waals surface area (Å²) in [6, 6.07) is 14.4. The second-order valence-electron chi connectivity index (χ2n) is 5.42. The third kappa shape index (κ3) is 4.64. The van der Waals surface area contributed by atoms with Crippen LogP contribution in [0.2, 0.25) is 5.02 Å². The number of anilines is 3. The van der Waals surface area contributed by atoms with Crippen LogP contribution in [0.15, 0.2) is 60.8 Å². The molecule has 2 aromatic carbocycles. The molecule has 2 N–H and O–H groups in total. The van der Waals surface area contributed by atoms with E-state index >= 15 is 0 Å². The lowest BCUT2D eigenvalue weighted by Crippen LogP contribution is -2.07. The molecule has 0 aliphatic carbocycles. The van der Waals surface area contributed by atoms with Gasteiger partial charge in [-0.3, -0.25) is 0 Å². The molecule has 0 atom stereocenters. The van der Waals surface area contributed by atoms with Crippen LogP contribution in [0.4, 0.5) is 30.6 Å². The van der Waals surface area contributed by atoms with Gasteiger partial charge in [-0.15, -0.1) is 0 Å². The number of aromatic nitrogens is 2. The quantitative estimate of drug-likeness (QED) is 0.615. The van der Waals surface area contributed by atoms with Gasteiger partial charge in [0.05, 0.1) is 16.3 Å². The van der Waals surface area contributed by atoms with Crippen molar-refractivity contribution in [1.29, 1.82) is 0 Å². The van der Waals surface area contributed by atoms with Crippen LogP contribution in [0.1, 0.15) is 11.1 Å². The minimum absolute atomic E-state index is 0.0849. The van der Waals surface area contributed by atoms with Crippen molar-refractivity contribution in [2.24, 2.45) is 0 Å². The Morgan fingerprint density at radius 3 is 2.50 bits per heavy atom. The van der Waals surface area contributed by atoms with Gasteiger partial charge in [0.25, 0.3) is 0 Å². The number of benzene rings is 2. The minimum atomic E-state index is -4.46. The lowest BCUT2D eigenvalue weighted by Gasteiger charge is -2.12. The molecule has 0 radical (unpaired) electrons. The standard InChI is InChI=1S/C18H14ClF3N4/c19-14-7-6-13(18(20,21)22)10-15(14)25-17-23-9-8-16(26-17)24-11-12-4-2-1-3-5-12/h1-10H,11H2,(H2,23,24,25,26). The Kier molecular flexibility index (Phi) is 5.27. The molecule has 134 valence electrons. The zero-order valence-electron chi connectivity index (χ0n) is 13.4. The first-order valence-electron chi connectivity index (χ1n) is 7.66. The van der Waals surface area contributed by atoms with Gasteiger partial charge in [0.15, 0.2) is 0 Å². The first kappa shape index (κ1) is 18.0. The maximum atomic E-state index is 12.9. The molecular weight excluding hydrogens is 365 g/mol. The minimum Gasteiger partial charge on any atom is -0.366 e. The molecule has 1 aromatic heterocycles. The molecule has 3 rings (SSSR count). The number of hydrogen-bond donors (Lipinski definition) is 2. The highest BCUT2D eigenvalue weighted by Crippen LogP contribution is 2.34. The van der Waals surface area contributed by atoms with Crippen molar-refractivity contribution in [1.82, 2.24) is 9.97 Å². The highest BCUT2D eigenvalue weighted by molar-refractivity contribution is 6.33. The Morgan fingerprint density at radius 2 is 1.77 bits per heavy atom. The van der Waals surface area contributed by atoms with Gasteiger partial charge in [0.2, 0.25) is 5.95 Å². The zero-order chi connectivity index (χ0) is 18.6. The summed E-state index contributed by atoms with van der Waals surface area (Å²) in [6.45, 7) is 0.557. The number of nitrogens with zero attached hydrogens (tertiary/aromatic N) is 2. The molecule has 0 unspecified atom stereocenters. The summed E-state index contributed by atoms with van der Waals surface area (Å²) < 4.78 is 38.6. The lowest BCUT2D eigenvalue weighted by molar-refractivity contribution is -0.137. The van der Waals surface area contributed by atoms with Crippen LogP contribution < -0.4 is 10.6 Å². The van der Waals surface area contributed by atoms with Crippen LogP contribution >= 0.6 is 11.6 Å². The summed E-state index contributed by atoms with van der Waals surface area (Å²) in [6.07, 6.45) is -2.95. The van der Waals surface area contributed by atoms with E-state index in [0.29, 0.717) is 12.4 Å². The molecule has 0 bridgehead atoms. The summed E-state index contributed by atoms with van der Waals surface area (Å²) in [5.41, 5.74) is 0.353. The smallest absolute Gasteiger partial charge is 0.366 e. The van der Waals surface area contributed by atoms with E-state index in [1.807, 2.05) is 30.3 Å². The molecule has 4 nitrogen and oxygen atoms in total. The van der Waals surface area contributed by atoms with Gasteiger partial charge in [-0.1, -0.05) is 41.9 Å². The Labute approximate surface area is 153 Å². The van der Waals surface area contributed by atoms with E-state index in [4.69, 9.17) is 11.6 Å². The number of nitrogens with one attached hydrogen (secondary N) is 2. The van der Waals surface area contributed by atoms with Gasteiger partial charge < -0.3 is 10.6 Å². The second-order valence-corrected chi connectivity index (χ2v) is 5.83. The predicted octanol–water partition coefficient (Wildman–Crippen LogP) is 5.50. The maximum Gasteiger partial charge on any atom is 0.416 e. The van der Waals surface area contributed by atoms with Crippen LogP contribution in [0, 0.1) is 0 Å². The van der Waals surface area contributed by atoms with Gasteiger partial charge in [-0.2, -0.15) is 18.2 Å². The highest BCUT2D eigenvalue weighted by Gasteiger charge is 2.31. The van der Waals surface area contributed by atoms with E-state index in [9.17, 15) is 13.2 Å². The Morgan fingerprint density at radius 1 is 1.00 bits per heavy atom. The number of halogens is 4. The van der Waals surface area contributed by atoms with Crippen molar-refractivity contribution in [3.8, 4) is 0 Å². The van der Waals surface area contributed by atoms with E-state index in [2.05, 4.69) is 20.6 Å². The third-order valence-corrected chi connectivity index (χ3v) is 3.84. The number of hydrogen-bond acceptors (Lipinski definition) is 4. The van der Waals surface area contributed by atoms with Crippen molar-refractivity contribution >= 4 is 29.1 Å². The van der Waals surface area contributed by atoms with E-state index < -0.39 is 11.7 Å². The summed E-state index contributed by atoms with van der Waals surface area (Å²) in [4.78, 5) is 8.26. The second kappa shape index (κ2) is 7.61. The van der Waals surface area contributed by atoms with Crippen molar-refractivity contribution in [3.05, 3.63) is 76.9 Å². The molecular formula is C18H14ClF3N4. The molecule has 0 amide bonds. The molecule has 0 fully saturated rings. The molecule has 0 aliphatic rings. The van der Waals surface area contributed by atoms with Crippen LogP contribution in [0.3, 0.4) is 0 Å². The molecule has 26 heavy (non-hydrogen) atoms. The molecule has 0 spiro atoms. The summed E-state index contributed by atoms with van der Waals surface area (Å²) in [7, 11) is 0. The van der Waals surface area contributed by atoms with E-state index in [0.717, 1.165) is 17.7 Å². The van der Waals surface area contributed by atoms with Crippen LogP contribution in [0.25, 0.3) is 0 Å². The van der Waals surface area contributed by atoms with Gasteiger partial charge in [-0.05, 0) is 29.8 Å². The Balaban J connectivity index is 1.75. The molecule has 8 heteroatoms. The van der Waals surface area contributed by atoms with Crippen molar-refractivity contribution in [3.63, 3.8) is 0 Å². The summed E-state index contributed by atoms with van der Waals surface area (Å²) in [5.74, 6) is 0.679. The van der Waals surface area contributed by atoms with Crippen molar-refractivity contribution < 1.29 is 13.2 Å². The Bertz CT molecular complexity index is 885. The van der Waals surface area contributed by atoms with E-state index in [-0.39, 0.29) is 16.7 Å². The maximum absolute atomic E-state index is 12.9. The lowest BCUT2D eigenvalue weighted by atomic mass is 10.2. The predicted molar refractivity (Wildman–Crippen MR) is 95.5 cm³/mol. The number of rotatable bonds is 5. The van der Waals surface area contributed by atoms with Crippen molar-refractivity contribution in [2.75, 3.05) is 10.6 Å². The molecule has 3 aromatic rings. The fraction of sp³-hybridized carbons (Fsp3) is 0.111. The monoisotopic (exact) mass is 378 g/mol. The van der Waals surface area contributed by atoms with E-state index in [1.165, 1.54) is 12.3 Å². The van der Waals surface area contributed by atoms with Crippen molar-refractivity contribution in [2.45, 2.75) is 12.7 Å². The SMILES string of the molecule is FC(F)(F)c1ccc(Cl)c(Nc2nccc(NCc3ccccc3)n2)c1. The average molecular weight is 379 g/mol. The van der Waals surface area contributed by atoms with Gasteiger partial charge >= 0.3 is 6.18 Å². The normalized spacial score (nSPS) is 11.2. The van der Waals surface area contributed by atoms with Gasteiger partial charge in [0.1, 0.15) is 5.82 Å². The van der Waals surface area contributed by atoms with E-state index in [1.54, 1.807) is 6.07 Å². The fourth-order valence-electron chi connectivity index (χ4n) is 2.22. The van der Waals surface area contributed by atoms with Gasteiger partial charge in [-0.25, -0.2) is 4.98 Å². The first-order valence-corrected chi connectivity index (χ1v) is 8.04. The topological polar surface area (TPSA) is 49.8 Å². The average Bonchev–Trinajstić information content (AvgIpc) is 2.62. The van der Waals surface area contributed by atoms with Crippen LogP contribution in [0.5, 0.6) is 0 Å². The molecule has 0 aliphatic heterocycles. The largest absolute Gasteiger partial charge is 0.416 e. The zero-order valence-corrected chi connectivity index (χ0v) is 14.1. The van der Waals surface area contributed by atoms with Crippen LogP contribution in [-0.2, 0) is 12.7 Å². The summed E-state index contributed by atoms with van der Waals surface area (Å²) >= 11 is 5.98. The number of alkyl halides is 3. The Hall–Kier alpha value is -2.80. The third-order valence-electron chi connectivity index (χ3n) is 3.51. The molecule has 1 heterocycles. The van der Waals surface area contributed by atoms with Gasteiger partial charge in [0, 0.05) is 12.7 Å². The highest BCUT2D eigenvalue weighted by atomic mass is 35.5. The summed E-state index contributed by atoms with van der Waals surface area (Å²) in [5, 5.41) is 6.01. The fourth-order valence-corrected chi connectivity index (χ4v) is 2.39.